The number of rotatable bonds is 9. The van der Waals surface area contributed by atoms with E-state index < -0.39 is 32.5 Å². The molecule has 1 amide bonds. The molecule has 0 spiro atoms. The topological polar surface area (TPSA) is 104 Å². The molecule has 1 heterocycles. The van der Waals surface area contributed by atoms with Crippen LogP contribution in [0, 0.1) is 13.8 Å². The highest BCUT2D eigenvalue weighted by Gasteiger charge is 2.32. The number of carbonyl (C=O) groups is 1. The summed E-state index contributed by atoms with van der Waals surface area (Å²) in [5, 5.41) is 3.20. The SMILES string of the molecule is Cc1ccc(S(=O)(=O)N(CC(=O)Nc2ccc3c(c2)N(S(=O)(=O)c2ccc(Cl)cc2)CC3)Cc2cccc(C)c2)cc1. The van der Waals surface area contributed by atoms with Gasteiger partial charge in [-0.3, -0.25) is 9.10 Å². The minimum atomic E-state index is -4.01. The summed E-state index contributed by atoms with van der Waals surface area (Å²) in [6.07, 6.45) is 0.523. The summed E-state index contributed by atoms with van der Waals surface area (Å²) in [6.45, 7) is 3.61. The number of sulfonamides is 2. The molecule has 1 aliphatic heterocycles. The van der Waals surface area contributed by atoms with Crippen molar-refractivity contribution in [3.8, 4) is 0 Å². The Kier molecular flexibility index (Phi) is 8.43. The number of anilines is 2. The summed E-state index contributed by atoms with van der Waals surface area (Å²) < 4.78 is 56.5. The predicted octanol–water partition coefficient (Wildman–Crippen LogP) is 5.54. The molecule has 0 fully saturated rings. The van der Waals surface area contributed by atoms with Crippen LogP contribution in [0.1, 0.15) is 22.3 Å². The number of carbonyl (C=O) groups excluding carboxylic acids is 1. The Bertz CT molecular complexity index is 1840. The minimum absolute atomic E-state index is 0.00259. The van der Waals surface area contributed by atoms with Crippen LogP contribution in [0.15, 0.2) is 101 Å². The Labute approximate surface area is 251 Å². The Balaban J connectivity index is 1.39. The standard InChI is InChI=1S/C31H30ClN3O5S2/c1-22-6-12-28(13-7-22)41(37,38)34(20-24-5-3-4-23(2)18-24)21-31(36)33-27-11-8-25-16-17-35(30(25)19-27)42(39,40)29-14-9-26(32)10-15-29/h3-15,18-19H,16-17,20-21H2,1-2H3,(H,33,36). The lowest BCUT2D eigenvalue weighted by Crippen LogP contribution is -2.37. The Hall–Kier alpha value is -3.70. The third-order valence-electron chi connectivity index (χ3n) is 7.04. The second-order valence-electron chi connectivity index (χ2n) is 10.2. The first-order valence-electron chi connectivity index (χ1n) is 13.3. The molecule has 0 saturated heterocycles. The number of hydrogen-bond donors (Lipinski definition) is 1. The van der Waals surface area contributed by atoms with Crippen LogP contribution in [-0.2, 0) is 37.8 Å². The maximum Gasteiger partial charge on any atom is 0.264 e. The van der Waals surface area contributed by atoms with Crippen molar-refractivity contribution in [1.29, 1.82) is 0 Å². The molecule has 218 valence electrons. The summed E-state index contributed by atoms with van der Waals surface area (Å²) in [5.74, 6) is -0.552. The van der Waals surface area contributed by atoms with Gasteiger partial charge in [-0.1, -0.05) is 65.2 Å². The molecule has 1 N–H and O–H groups in total. The van der Waals surface area contributed by atoms with Crippen LogP contribution < -0.4 is 9.62 Å². The van der Waals surface area contributed by atoms with Crippen molar-refractivity contribution in [3.63, 3.8) is 0 Å². The van der Waals surface area contributed by atoms with Gasteiger partial charge in [-0.05, 0) is 79.9 Å². The Morgan fingerprint density at radius 2 is 1.55 bits per heavy atom. The molecule has 0 radical (unpaired) electrons. The summed E-state index contributed by atoms with van der Waals surface area (Å²) in [5.41, 5.74) is 4.29. The number of nitrogens with zero attached hydrogens (tertiary/aromatic N) is 2. The Morgan fingerprint density at radius 3 is 2.24 bits per heavy atom. The molecule has 4 aromatic carbocycles. The van der Waals surface area contributed by atoms with E-state index in [1.807, 2.05) is 38.1 Å². The van der Waals surface area contributed by atoms with Gasteiger partial charge in [0.15, 0.2) is 0 Å². The first-order valence-corrected chi connectivity index (χ1v) is 16.5. The number of benzene rings is 4. The zero-order valence-corrected chi connectivity index (χ0v) is 25.5. The van der Waals surface area contributed by atoms with Gasteiger partial charge in [-0.25, -0.2) is 16.8 Å². The lowest BCUT2D eigenvalue weighted by Gasteiger charge is -2.23. The summed E-state index contributed by atoms with van der Waals surface area (Å²) >= 11 is 5.94. The number of aryl methyl sites for hydroxylation is 2. The third-order valence-corrected chi connectivity index (χ3v) is 10.9. The van der Waals surface area contributed by atoms with Crippen molar-refractivity contribution in [2.24, 2.45) is 0 Å². The summed E-state index contributed by atoms with van der Waals surface area (Å²) in [6, 6.07) is 25.0. The third kappa shape index (κ3) is 6.37. The van der Waals surface area contributed by atoms with E-state index in [-0.39, 0.29) is 22.9 Å². The van der Waals surface area contributed by atoms with Gasteiger partial charge in [0.05, 0.1) is 22.0 Å². The van der Waals surface area contributed by atoms with Gasteiger partial charge in [0.1, 0.15) is 0 Å². The average molecular weight is 624 g/mol. The van der Waals surface area contributed by atoms with Gasteiger partial charge in [-0.15, -0.1) is 0 Å². The largest absolute Gasteiger partial charge is 0.325 e. The molecular formula is C31H30ClN3O5S2. The number of halogens is 1. The van der Waals surface area contributed by atoms with Gasteiger partial charge in [0.2, 0.25) is 15.9 Å². The zero-order chi connectivity index (χ0) is 30.1. The molecule has 11 heteroatoms. The van der Waals surface area contributed by atoms with Crippen LogP contribution in [0.2, 0.25) is 5.02 Å². The number of nitrogens with one attached hydrogen (secondary N) is 1. The Morgan fingerprint density at radius 1 is 0.857 bits per heavy atom. The molecule has 0 bridgehead atoms. The summed E-state index contributed by atoms with van der Waals surface area (Å²) in [4.78, 5) is 13.5. The van der Waals surface area contributed by atoms with Crippen molar-refractivity contribution in [3.05, 3.63) is 118 Å². The first-order chi connectivity index (χ1) is 19.9. The molecular weight excluding hydrogens is 594 g/mol. The predicted molar refractivity (Wildman–Crippen MR) is 165 cm³/mol. The zero-order valence-electron chi connectivity index (χ0n) is 23.1. The van der Waals surface area contributed by atoms with E-state index in [0.717, 1.165) is 26.6 Å². The van der Waals surface area contributed by atoms with E-state index in [2.05, 4.69) is 5.32 Å². The first kappa shape index (κ1) is 29.8. The van der Waals surface area contributed by atoms with Gasteiger partial charge in [0.25, 0.3) is 10.0 Å². The van der Waals surface area contributed by atoms with Crippen molar-refractivity contribution in [2.75, 3.05) is 22.7 Å². The maximum atomic E-state index is 13.6. The fraction of sp³-hybridized carbons (Fsp3) is 0.194. The lowest BCUT2D eigenvalue weighted by atomic mass is 10.1. The van der Waals surface area contributed by atoms with E-state index in [1.165, 1.54) is 40.7 Å². The van der Waals surface area contributed by atoms with Crippen molar-refractivity contribution < 1.29 is 21.6 Å². The molecule has 42 heavy (non-hydrogen) atoms. The van der Waals surface area contributed by atoms with Gasteiger partial charge >= 0.3 is 0 Å². The van der Waals surface area contributed by atoms with Crippen LogP contribution in [0.5, 0.6) is 0 Å². The monoisotopic (exact) mass is 623 g/mol. The van der Waals surface area contributed by atoms with Gasteiger partial charge < -0.3 is 5.32 Å². The molecule has 0 aliphatic carbocycles. The lowest BCUT2D eigenvalue weighted by molar-refractivity contribution is -0.116. The van der Waals surface area contributed by atoms with Crippen LogP contribution >= 0.6 is 11.6 Å². The van der Waals surface area contributed by atoms with E-state index in [1.54, 1.807) is 30.3 Å². The molecule has 0 unspecified atom stereocenters. The van der Waals surface area contributed by atoms with Crippen LogP contribution in [0.3, 0.4) is 0 Å². The van der Waals surface area contributed by atoms with E-state index >= 15 is 0 Å². The van der Waals surface area contributed by atoms with Gasteiger partial charge in [-0.2, -0.15) is 4.31 Å². The highest BCUT2D eigenvalue weighted by molar-refractivity contribution is 7.92. The highest BCUT2D eigenvalue weighted by Crippen LogP contribution is 2.35. The fourth-order valence-electron chi connectivity index (χ4n) is 4.87. The number of fused-ring (bicyclic) bond motifs is 1. The van der Waals surface area contributed by atoms with Gasteiger partial charge in [0, 0.05) is 23.8 Å². The fourth-order valence-corrected chi connectivity index (χ4v) is 7.88. The number of amides is 1. The van der Waals surface area contributed by atoms with E-state index in [9.17, 15) is 21.6 Å². The summed E-state index contributed by atoms with van der Waals surface area (Å²) in [7, 11) is -7.86. The maximum absolute atomic E-state index is 13.6. The van der Waals surface area contributed by atoms with E-state index in [0.29, 0.717) is 22.8 Å². The average Bonchev–Trinajstić information content (AvgIpc) is 3.37. The second kappa shape index (κ2) is 11.9. The molecule has 1 aliphatic rings. The van der Waals surface area contributed by atoms with E-state index in [4.69, 9.17) is 11.6 Å². The molecule has 4 aromatic rings. The molecule has 0 atom stereocenters. The molecule has 0 aromatic heterocycles. The normalized spacial score (nSPS) is 13.3. The van der Waals surface area contributed by atoms with Crippen LogP contribution in [0.4, 0.5) is 11.4 Å². The van der Waals surface area contributed by atoms with Crippen LogP contribution in [0.25, 0.3) is 0 Å². The minimum Gasteiger partial charge on any atom is -0.325 e. The number of hydrogen-bond acceptors (Lipinski definition) is 5. The highest BCUT2D eigenvalue weighted by atomic mass is 35.5. The smallest absolute Gasteiger partial charge is 0.264 e. The quantitative estimate of drug-likeness (QED) is 0.264. The van der Waals surface area contributed by atoms with Crippen LogP contribution in [-0.4, -0.2) is 40.1 Å². The molecule has 5 rings (SSSR count). The molecule has 0 saturated carbocycles. The van der Waals surface area contributed by atoms with Crippen molar-refractivity contribution >= 4 is 48.9 Å². The second-order valence-corrected chi connectivity index (χ2v) is 14.5. The molecule has 8 nitrogen and oxygen atoms in total. The van der Waals surface area contributed by atoms with Crippen molar-refractivity contribution in [2.45, 2.75) is 36.6 Å². The van der Waals surface area contributed by atoms with Crippen molar-refractivity contribution in [1.82, 2.24) is 4.31 Å².